The zero-order valence-corrected chi connectivity index (χ0v) is 9.41. The second-order valence-corrected chi connectivity index (χ2v) is 4.58. The first kappa shape index (κ1) is 8.91. The third-order valence-corrected chi connectivity index (χ3v) is 3.81. The number of Topliss-reactive ketones (excluding diaryl/α,β-unsaturated/α-hetero) is 1. The summed E-state index contributed by atoms with van der Waals surface area (Å²) in [5.41, 5.74) is 0.797. The SMILES string of the molecule is CC(=O)c1cccc2scc(Br)c12. The molecule has 0 spiro atoms. The van der Waals surface area contributed by atoms with Gasteiger partial charge in [-0.15, -0.1) is 11.3 Å². The second-order valence-electron chi connectivity index (χ2n) is 2.82. The lowest BCUT2D eigenvalue weighted by Crippen LogP contribution is -1.91. The number of halogens is 1. The van der Waals surface area contributed by atoms with Gasteiger partial charge in [0, 0.05) is 25.5 Å². The Kier molecular flexibility index (Phi) is 2.22. The van der Waals surface area contributed by atoms with Gasteiger partial charge >= 0.3 is 0 Å². The molecule has 1 aromatic heterocycles. The van der Waals surface area contributed by atoms with E-state index in [0.29, 0.717) is 0 Å². The van der Waals surface area contributed by atoms with Gasteiger partial charge < -0.3 is 0 Å². The lowest BCUT2D eigenvalue weighted by Gasteiger charge is -1.98. The minimum Gasteiger partial charge on any atom is -0.294 e. The molecule has 66 valence electrons. The van der Waals surface area contributed by atoms with Crippen molar-refractivity contribution >= 4 is 43.1 Å². The second kappa shape index (κ2) is 3.24. The van der Waals surface area contributed by atoms with E-state index in [2.05, 4.69) is 15.9 Å². The summed E-state index contributed by atoms with van der Waals surface area (Å²) in [4.78, 5) is 11.3. The molecule has 1 aromatic carbocycles. The Labute approximate surface area is 88.5 Å². The molecular formula is C10H7BrOS. The lowest BCUT2D eigenvalue weighted by atomic mass is 10.1. The Morgan fingerprint density at radius 3 is 2.92 bits per heavy atom. The van der Waals surface area contributed by atoms with Crippen molar-refractivity contribution in [1.82, 2.24) is 0 Å². The first-order chi connectivity index (χ1) is 6.20. The van der Waals surface area contributed by atoms with Gasteiger partial charge in [0.2, 0.25) is 0 Å². The molecule has 0 saturated heterocycles. The minimum absolute atomic E-state index is 0.115. The molecule has 13 heavy (non-hydrogen) atoms. The average molecular weight is 255 g/mol. The van der Waals surface area contributed by atoms with E-state index >= 15 is 0 Å². The van der Waals surface area contributed by atoms with Gasteiger partial charge in [0.1, 0.15) is 0 Å². The van der Waals surface area contributed by atoms with Gasteiger partial charge in [-0.3, -0.25) is 4.79 Å². The predicted molar refractivity (Wildman–Crippen MR) is 59.5 cm³/mol. The molecule has 0 saturated carbocycles. The quantitative estimate of drug-likeness (QED) is 0.707. The normalized spacial score (nSPS) is 10.6. The molecule has 0 radical (unpaired) electrons. The average Bonchev–Trinajstić information content (AvgIpc) is 2.48. The molecule has 2 rings (SSSR count). The van der Waals surface area contributed by atoms with Crippen LogP contribution >= 0.6 is 27.3 Å². The van der Waals surface area contributed by atoms with Crippen LogP contribution in [0.3, 0.4) is 0 Å². The van der Waals surface area contributed by atoms with Crippen LogP contribution in [0, 0.1) is 0 Å². The van der Waals surface area contributed by atoms with E-state index < -0.39 is 0 Å². The number of hydrogen-bond acceptors (Lipinski definition) is 2. The molecule has 0 aliphatic heterocycles. The van der Waals surface area contributed by atoms with E-state index in [0.717, 1.165) is 20.1 Å². The van der Waals surface area contributed by atoms with Crippen LogP contribution in [0.25, 0.3) is 10.1 Å². The first-order valence-corrected chi connectivity index (χ1v) is 5.54. The highest BCUT2D eigenvalue weighted by Crippen LogP contribution is 2.32. The van der Waals surface area contributed by atoms with Crippen LogP contribution in [0.4, 0.5) is 0 Å². The highest BCUT2D eigenvalue weighted by molar-refractivity contribution is 9.10. The number of rotatable bonds is 1. The third-order valence-electron chi connectivity index (χ3n) is 1.93. The summed E-state index contributed by atoms with van der Waals surface area (Å²) in [5.74, 6) is 0.115. The van der Waals surface area contributed by atoms with Crippen molar-refractivity contribution in [3.05, 3.63) is 33.6 Å². The van der Waals surface area contributed by atoms with E-state index in [1.165, 1.54) is 0 Å². The van der Waals surface area contributed by atoms with Gasteiger partial charge in [0.15, 0.2) is 5.78 Å². The number of fused-ring (bicyclic) bond motifs is 1. The smallest absolute Gasteiger partial charge is 0.160 e. The maximum Gasteiger partial charge on any atom is 0.160 e. The number of benzene rings is 1. The summed E-state index contributed by atoms with van der Waals surface area (Å²) in [6.45, 7) is 1.60. The summed E-state index contributed by atoms with van der Waals surface area (Å²) in [6.07, 6.45) is 0. The minimum atomic E-state index is 0.115. The maximum atomic E-state index is 11.3. The molecule has 0 N–H and O–H groups in total. The predicted octanol–water partition coefficient (Wildman–Crippen LogP) is 3.87. The standard InChI is InChI=1S/C10H7BrOS/c1-6(12)7-3-2-4-9-10(7)8(11)5-13-9/h2-5H,1H3. The molecule has 2 aromatic rings. The zero-order chi connectivity index (χ0) is 9.42. The van der Waals surface area contributed by atoms with Crippen LogP contribution in [0.15, 0.2) is 28.1 Å². The van der Waals surface area contributed by atoms with E-state index in [-0.39, 0.29) is 5.78 Å². The van der Waals surface area contributed by atoms with E-state index in [9.17, 15) is 4.79 Å². The van der Waals surface area contributed by atoms with E-state index in [1.54, 1.807) is 18.3 Å². The van der Waals surface area contributed by atoms with Crippen LogP contribution < -0.4 is 0 Å². The fraction of sp³-hybridized carbons (Fsp3) is 0.100. The van der Waals surface area contributed by atoms with Crippen molar-refractivity contribution in [3.63, 3.8) is 0 Å². The molecule has 0 unspecified atom stereocenters. The largest absolute Gasteiger partial charge is 0.294 e. The van der Waals surface area contributed by atoms with Crippen molar-refractivity contribution in [2.24, 2.45) is 0 Å². The molecular weight excluding hydrogens is 248 g/mol. The number of carbonyl (C=O) groups is 1. The van der Waals surface area contributed by atoms with Gasteiger partial charge in [-0.05, 0) is 28.9 Å². The number of hydrogen-bond donors (Lipinski definition) is 0. The summed E-state index contributed by atoms with van der Waals surface area (Å²) in [6, 6.07) is 5.81. The monoisotopic (exact) mass is 254 g/mol. The molecule has 0 fully saturated rings. The number of carbonyl (C=O) groups excluding carboxylic acids is 1. The van der Waals surface area contributed by atoms with Crippen molar-refractivity contribution < 1.29 is 4.79 Å². The summed E-state index contributed by atoms with van der Waals surface area (Å²) in [5, 5.41) is 3.05. The number of thiophene rings is 1. The van der Waals surface area contributed by atoms with Crippen molar-refractivity contribution in [1.29, 1.82) is 0 Å². The molecule has 1 nitrogen and oxygen atoms in total. The van der Waals surface area contributed by atoms with Gasteiger partial charge in [-0.2, -0.15) is 0 Å². The van der Waals surface area contributed by atoms with Crippen molar-refractivity contribution in [3.8, 4) is 0 Å². The van der Waals surface area contributed by atoms with Crippen LogP contribution in [0.5, 0.6) is 0 Å². The van der Waals surface area contributed by atoms with Crippen LogP contribution in [-0.2, 0) is 0 Å². The molecule has 0 atom stereocenters. The Morgan fingerprint density at radius 1 is 1.46 bits per heavy atom. The van der Waals surface area contributed by atoms with Crippen molar-refractivity contribution in [2.45, 2.75) is 6.92 Å². The summed E-state index contributed by atoms with van der Waals surface area (Å²) in [7, 11) is 0. The number of ketones is 1. The van der Waals surface area contributed by atoms with Crippen molar-refractivity contribution in [2.75, 3.05) is 0 Å². The van der Waals surface area contributed by atoms with Crippen LogP contribution in [0.2, 0.25) is 0 Å². The summed E-state index contributed by atoms with van der Waals surface area (Å²) < 4.78 is 2.16. The topological polar surface area (TPSA) is 17.1 Å². The Bertz CT molecular complexity index is 473. The van der Waals surface area contributed by atoms with Crippen LogP contribution in [0.1, 0.15) is 17.3 Å². The maximum absolute atomic E-state index is 11.3. The van der Waals surface area contributed by atoms with E-state index in [4.69, 9.17) is 0 Å². The molecule has 1 heterocycles. The van der Waals surface area contributed by atoms with Gasteiger partial charge in [-0.1, -0.05) is 12.1 Å². The zero-order valence-electron chi connectivity index (χ0n) is 7.00. The summed E-state index contributed by atoms with van der Waals surface area (Å²) >= 11 is 5.09. The Hall–Kier alpha value is -0.670. The van der Waals surface area contributed by atoms with Gasteiger partial charge in [-0.25, -0.2) is 0 Å². The fourth-order valence-electron chi connectivity index (χ4n) is 1.34. The third kappa shape index (κ3) is 1.42. The van der Waals surface area contributed by atoms with Gasteiger partial charge in [0.25, 0.3) is 0 Å². The van der Waals surface area contributed by atoms with Crippen LogP contribution in [-0.4, -0.2) is 5.78 Å². The van der Waals surface area contributed by atoms with E-state index in [1.807, 2.05) is 23.6 Å². The molecule has 3 heteroatoms. The highest BCUT2D eigenvalue weighted by Gasteiger charge is 2.09. The Balaban J connectivity index is 2.88. The Morgan fingerprint density at radius 2 is 2.23 bits per heavy atom. The molecule has 0 aliphatic rings. The highest BCUT2D eigenvalue weighted by atomic mass is 79.9. The first-order valence-electron chi connectivity index (χ1n) is 3.87. The fourth-order valence-corrected chi connectivity index (χ4v) is 3.03. The molecule has 0 aliphatic carbocycles. The molecule has 0 amide bonds. The lowest BCUT2D eigenvalue weighted by molar-refractivity contribution is 0.101. The molecule has 0 bridgehead atoms. The van der Waals surface area contributed by atoms with Gasteiger partial charge in [0.05, 0.1) is 0 Å².